The largest absolute Gasteiger partial charge is 0.469 e. The molecule has 0 heterocycles. The molecule has 14 heavy (non-hydrogen) atoms. The van der Waals surface area contributed by atoms with E-state index in [0.29, 0.717) is 6.42 Å². The first-order valence-electron chi connectivity index (χ1n) is 4.83. The zero-order valence-corrected chi connectivity index (χ0v) is 8.96. The Bertz CT molecular complexity index is 329. The van der Waals surface area contributed by atoms with Crippen molar-refractivity contribution >= 4 is 5.97 Å². The maximum atomic E-state index is 11.2. The molecule has 0 aliphatic carbocycles. The molecule has 0 bridgehead atoms. The molecular weight excluding hydrogens is 176 g/mol. The van der Waals surface area contributed by atoms with Gasteiger partial charge in [-0.05, 0) is 30.0 Å². The van der Waals surface area contributed by atoms with Gasteiger partial charge < -0.3 is 4.74 Å². The van der Waals surface area contributed by atoms with E-state index < -0.39 is 0 Å². The minimum absolute atomic E-state index is 0.172. The van der Waals surface area contributed by atoms with Gasteiger partial charge in [-0.1, -0.05) is 25.1 Å². The highest BCUT2D eigenvalue weighted by atomic mass is 16.5. The summed E-state index contributed by atoms with van der Waals surface area (Å²) in [5.74, 6) is -0.172. The third kappa shape index (κ3) is 2.34. The van der Waals surface area contributed by atoms with Gasteiger partial charge in [0.05, 0.1) is 13.5 Å². The van der Waals surface area contributed by atoms with Gasteiger partial charge in [0.15, 0.2) is 0 Å². The van der Waals surface area contributed by atoms with Crippen LogP contribution in [0.2, 0.25) is 0 Å². The molecule has 0 aromatic heterocycles. The van der Waals surface area contributed by atoms with Crippen LogP contribution in [0.1, 0.15) is 23.6 Å². The normalized spacial score (nSPS) is 9.93. The summed E-state index contributed by atoms with van der Waals surface area (Å²) in [5.41, 5.74) is 3.51. The quantitative estimate of drug-likeness (QED) is 0.687. The van der Waals surface area contributed by atoms with Crippen LogP contribution in [0, 0.1) is 6.92 Å². The minimum atomic E-state index is -0.172. The third-order valence-corrected chi connectivity index (χ3v) is 2.44. The second kappa shape index (κ2) is 4.80. The van der Waals surface area contributed by atoms with E-state index in [1.165, 1.54) is 12.7 Å². The second-order valence-corrected chi connectivity index (χ2v) is 3.32. The summed E-state index contributed by atoms with van der Waals surface area (Å²) in [4.78, 5) is 11.2. The van der Waals surface area contributed by atoms with Gasteiger partial charge in [-0.15, -0.1) is 0 Å². The number of ether oxygens (including phenoxy) is 1. The molecule has 0 saturated carbocycles. The van der Waals surface area contributed by atoms with Gasteiger partial charge in [-0.25, -0.2) is 0 Å². The molecule has 1 rings (SSSR count). The molecule has 1 aromatic rings. The van der Waals surface area contributed by atoms with Crippen molar-refractivity contribution in [1.29, 1.82) is 0 Å². The molecule has 0 radical (unpaired) electrons. The summed E-state index contributed by atoms with van der Waals surface area (Å²) in [6.45, 7) is 4.12. The lowest BCUT2D eigenvalue weighted by molar-refractivity contribution is -0.139. The van der Waals surface area contributed by atoms with Gasteiger partial charge in [0, 0.05) is 0 Å². The van der Waals surface area contributed by atoms with Crippen molar-refractivity contribution < 1.29 is 9.53 Å². The van der Waals surface area contributed by atoms with Crippen molar-refractivity contribution in [3.8, 4) is 0 Å². The molecule has 0 atom stereocenters. The molecule has 0 fully saturated rings. The lowest BCUT2D eigenvalue weighted by atomic mass is 9.97. The number of rotatable bonds is 3. The lowest BCUT2D eigenvalue weighted by Gasteiger charge is -2.09. The molecule has 0 unspecified atom stereocenters. The van der Waals surface area contributed by atoms with Crippen LogP contribution in [0.5, 0.6) is 0 Å². The fourth-order valence-corrected chi connectivity index (χ4v) is 1.56. The zero-order chi connectivity index (χ0) is 10.6. The van der Waals surface area contributed by atoms with E-state index in [-0.39, 0.29) is 5.97 Å². The van der Waals surface area contributed by atoms with E-state index in [1.54, 1.807) is 0 Å². The number of hydrogen-bond donors (Lipinski definition) is 0. The molecule has 0 amide bonds. The van der Waals surface area contributed by atoms with Crippen molar-refractivity contribution in [1.82, 2.24) is 0 Å². The van der Waals surface area contributed by atoms with E-state index in [9.17, 15) is 4.79 Å². The van der Waals surface area contributed by atoms with Crippen molar-refractivity contribution in [2.24, 2.45) is 0 Å². The summed E-state index contributed by atoms with van der Waals surface area (Å²) >= 11 is 0. The predicted molar refractivity (Wildman–Crippen MR) is 56.3 cm³/mol. The summed E-state index contributed by atoms with van der Waals surface area (Å²) in [6.07, 6.45) is 1.33. The van der Waals surface area contributed by atoms with E-state index in [2.05, 4.69) is 17.7 Å². The molecule has 1 aromatic carbocycles. The molecule has 0 saturated heterocycles. The molecule has 2 nitrogen and oxygen atoms in total. The maximum Gasteiger partial charge on any atom is 0.309 e. The van der Waals surface area contributed by atoms with Crippen molar-refractivity contribution in [3.63, 3.8) is 0 Å². The highest BCUT2D eigenvalue weighted by molar-refractivity contribution is 5.73. The summed E-state index contributed by atoms with van der Waals surface area (Å²) < 4.78 is 4.67. The molecule has 0 aliphatic rings. The molecular formula is C12H16O2. The van der Waals surface area contributed by atoms with Gasteiger partial charge in [-0.3, -0.25) is 4.79 Å². The number of carbonyl (C=O) groups excluding carboxylic acids is 1. The third-order valence-electron chi connectivity index (χ3n) is 2.44. The predicted octanol–water partition coefficient (Wildman–Crippen LogP) is 2.27. The van der Waals surface area contributed by atoms with Crippen molar-refractivity contribution in [2.45, 2.75) is 26.7 Å². The highest BCUT2D eigenvalue weighted by Crippen LogP contribution is 2.15. The van der Waals surface area contributed by atoms with Gasteiger partial charge in [0.2, 0.25) is 0 Å². The lowest BCUT2D eigenvalue weighted by Crippen LogP contribution is -2.08. The van der Waals surface area contributed by atoms with Gasteiger partial charge >= 0.3 is 5.97 Å². The van der Waals surface area contributed by atoms with Crippen LogP contribution in [0.3, 0.4) is 0 Å². The summed E-state index contributed by atoms with van der Waals surface area (Å²) in [7, 11) is 1.42. The Morgan fingerprint density at radius 2 is 2.14 bits per heavy atom. The molecule has 0 spiro atoms. The molecule has 0 N–H and O–H groups in total. The Labute approximate surface area is 84.9 Å². The number of hydrogen-bond acceptors (Lipinski definition) is 2. The Morgan fingerprint density at radius 3 is 2.71 bits per heavy atom. The number of esters is 1. The number of benzene rings is 1. The standard InChI is InChI=1S/C12H16O2/c1-4-10-7-5-6-9(2)11(10)8-12(13)14-3/h5-7H,4,8H2,1-3H3. The van der Waals surface area contributed by atoms with Crippen LogP contribution in [-0.2, 0) is 22.4 Å². The first-order chi connectivity index (χ1) is 6.69. The van der Waals surface area contributed by atoms with Gasteiger partial charge in [0.25, 0.3) is 0 Å². The molecule has 0 aliphatic heterocycles. The smallest absolute Gasteiger partial charge is 0.309 e. The SMILES string of the molecule is CCc1cccc(C)c1CC(=O)OC. The summed E-state index contributed by atoms with van der Waals surface area (Å²) in [5, 5.41) is 0. The second-order valence-electron chi connectivity index (χ2n) is 3.32. The van der Waals surface area contributed by atoms with Crippen LogP contribution in [-0.4, -0.2) is 13.1 Å². The van der Waals surface area contributed by atoms with E-state index in [4.69, 9.17) is 0 Å². The number of carbonyl (C=O) groups is 1. The Kier molecular flexibility index (Phi) is 3.69. The van der Waals surface area contributed by atoms with Crippen molar-refractivity contribution in [2.75, 3.05) is 7.11 Å². The fourth-order valence-electron chi connectivity index (χ4n) is 1.56. The minimum Gasteiger partial charge on any atom is -0.469 e. The zero-order valence-electron chi connectivity index (χ0n) is 8.96. The van der Waals surface area contributed by atoms with Gasteiger partial charge in [-0.2, -0.15) is 0 Å². The van der Waals surface area contributed by atoms with Crippen LogP contribution in [0.15, 0.2) is 18.2 Å². The number of aryl methyl sites for hydroxylation is 2. The monoisotopic (exact) mass is 192 g/mol. The van der Waals surface area contributed by atoms with Crippen LogP contribution >= 0.6 is 0 Å². The maximum absolute atomic E-state index is 11.2. The fraction of sp³-hybridized carbons (Fsp3) is 0.417. The average Bonchev–Trinajstić information content (AvgIpc) is 2.20. The van der Waals surface area contributed by atoms with E-state index >= 15 is 0 Å². The Hall–Kier alpha value is -1.31. The van der Waals surface area contributed by atoms with E-state index in [1.807, 2.05) is 19.1 Å². The molecule has 76 valence electrons. The summed E-state index contributed by atoms with van der Waals surface area (Å²) in [6, 6.07) is 6.11. The average molecular weight is 192 g/mol. The Balaban J connectivity index is 2.98. The Morgan fingerprint density at radius 1 is 1.43 bits per heavy atom. The van der Waals surface area contributed by atoms with Gasteiger partial charge in [0.1, 0.15) is 0 Å². The topological polar surface area (TPSA) is 26.3 Å². The first-order valence-corrected chi connectivity index (χ1v) is 4.83. The first kappa shape index (κ1) is 10.8. The van der Waals surface area contributed by atoms with Crippen LogP contribution < -0.4 is 0 Å². The van der Waals surface area contributed by atoms with Crippen LogP contribution in [0.25, 0.3) is 0 Å². The highest BCUT2D eigenvalue weighted by Gasteiger charge is 2.09. The molecule has 2 heteroatoms. The van der Waals surface area contributed by atoms with E-state index in [0.717, 1.165) is 17.5 Å². The van der Waals surface area contributed by atoms with Crippen LogP contribution in [0.4, 0.5) is 0 Å². The number of methoxy groups -OCH3 is 1. The van der Waals surface area contributed by atoms with Crippen molar-refractivity contribution in [3.05, 3.63) is 34.9 Å².